The van der Waals surface area contributed by atoms with Gasteiger partial charge in [0.15, 0.2) is 6.10 Å². The second kappa shape index (κ2) is 10.2. The Morgan fingerprint density at radius 1 is 1.70 bits per heavy atom. The number of rotatable bonds is 2. The molecule has 0 spiro atoms. The monoisotopic (exact) mass is 190 g/mol. The van der Waals surface area contributed by atoms with Crippen molar-refractivity contribution >= 4 is 64.8 Å². The van der Waals surface area contributed by atoms with E-state index in [4.69, 9.17) is 5.11 Å². The third-order valence-electron chi connectivity index (χ3n) is 0.455. The molecule has 10 heavy (non-hydrogen) atoms. The molecule has 0 saturated carbocycles. The molecule has 0 heterocycles. The van der Waals surface area contributed by atoms with Crippen LogP contribution in [0.4, 0.5) is 0 Å². The van der Waals surface area contributed by atoms with Crippen molar-refractivity contribution in [2.45, 2.75) is 13.0 Å². The molecule has 0 aliphatic heterocycles. The Morgan fingerprint density at radius 3 is 2.20 bits per heavy atom. The van der Waals surface area contributed by atoms with Crippen molar-refractivity contribution in [1.82, 2.24) is 0 Å². The predicted molar refractivity (Wildman–Crippen MR) is 36.2 cm³/mol. The van der Waals surface area contributed by atoms with E-state index < -0.39 is 12.1 Å². The number of aliphatic hydroxyl groups is 1. The molecule has 0 aliphatic rings. The summed E-state index contributed by atoms with van der Waals surface area (Å²) in [7, 11) is 0. The van der Waals surface area contributed by atoms with Crippen LogP contribution < -0.4 is 0 Å². The van der Waals surface area contributed by atoms with E-state index in [0.29, 0.717) is 0 Å². The Labute approximate surface area is 96.3 Å². The Balaban J connectivity index is -0.000000245. The largest absolute Gasteiger partial charge is 0.382 e. The molecule has 52 valence electrons. The maximum Gasteiger partial charge on any atom is 0.372 e. The number of hydrogen-bond acceptors (Lipinski definition) is 4. The van der Waals surface area contributed by atoms with Gasteiger partial charge >= 0.3 is 5.97 Å². The second-order valence-electron chi connectivity index (χ2n) is 1.14. The number of aliphatic hydroxyl groups excluding tert-OH is 1. The molecule has 0 aromatic heterocycles. The fourth-order valence-electron chi connectivity index (χ4n) is 0.101. The van der Waals surface area contributed by atoms with Crippen molar-refractivity contribution in [2.24, 2.45) is 0 Å². The van der Waals surface area contributed by atoms with Gasteiger partial charge in [0.2, 0.25) is 0 Å². The van der Waals surface area contributed by atoms with E-state index in [2.05, 4.69) is 21.2 Å². The number of carbonyl (C=O) groups excluding carboxylic acids is 1. The fraction of sp³-hybridized carbons (Fsp3) is 0.667. The van der Waals surface area contributed by atoms with Gasteiger partial charge in [0.1, 0.15) is 11.9 Å². The van der Waals surface area contributed by atoms with E-state index in [-0.39, 0.29) is 46.9 Å². The first kappa shape index (κ1) is 17.3. The second-order valence-corrected chi connectivity index (χ2v) is 1.27. The van der Waals surface area contributed by atoms with Gasteiger partial charge in [0.05, 0.1) is 0 Å². The van der Waals surface area contributed by atoms with Crippen molar-refractivity contribution < 1.29 is 19.2 Å². The summed E-state index contributed by atoms with van der Waals surface area (Å²) < 4.78 is 3.43. The van der Waals surface area contributed by atoms with Gasteiger partial charge in [0, 0.05) is 46.9 Å². The van der Waals surface area contributed by atoms with Crippen LogP contribution in [0.25, 0.3) is 0 Å². The van der Waals surface area contributed by atoms with Crippen LogP contribution >= 0.6 is 11.9 Å². The molecule has 1 N–H and O–H groups in total. The topological polar surface area (TPSA) is 55.8 Å². The minimum absolute atomic E-state index is 0. The molecule has 0 saturated heterocycles. The van der Waals surface area contributed by atoms with Gasteiger partial charge in [-0.25, -0.2) is 4.79 Å². The molecule has 0 amide bonds. The molecule has 4 nitrogen and oxygen atoms in total. The number of halogens is 1. The molecule has 0 fully saturated rings. The summed E-state index contributed by atoms with van der Waals surface area (Å²) in [5.41, 5.74) is 0. The van der Waals surface area contributed by atoms with Crippen LogP contribution in [-0.4, -0.2) is 64.1 Å². The zero-order valence-electron chi connectivity index (χ0n) is 5.70. The van der Waals surface area contributed by atoms with E-state index >= 15 is 0 Å². The first-order chi connectivity index (χ1) is 3.68. The Morgan fingerprint density at radius 2 is 2.10 bits per heavy atom. The van der Waals surface area contributed by atoms with Crippen molar-refractivity contribution in [2.75, 3.05) is 0 Å². The zero-order chi connectivity index (χ0) is 6.57. The average molecular weight is 190 g/mol. The summed E-state index contributed by atoms with van der Waals surface area (Å²) in [6, 6.07) is 0. The van der Waals surface area contributed by atoms with E-state index in [9.17, 15) is 4.79 Å². The summed E-state index contributed by atoms with van der Waals surface area (Å²) in [4.78, 5) is 13.7. The van der Waals surface area contributed by atoms with Crippen molar-refractivity contribution in [3.8, 4) is 0 Å². The standard InChI is InChI=1S/C3H5ClO4.Al.Na/c1-2(5)3(6)7-8-4;;/h2,5H,1H3;;. The molecule has 1 atom stereocenters. The van der Waals surface area contributed by atoms with E-state index in [1.54, 1.807) is 0 Å². The van der Waals surface area contributed by atoms with Crippen molar-refractivity contribution in [3.63, 3.8) is 0 Å². The molecule has 0 aromatic carbocycles. The summed E-state index contributed by atoms with van der Waals surface area (Å²) in [6.45, 7) is 1.23. The van der Waals surface area contributed by atoms with E-state index in [0.717, 1.165) is 0 Å². The first-order valence-corrected chi connectivity index (χ1v) is 2.16. The SMILES string of the molecule is CC(O)C(=O)OOCl.[Al].[Na]. The average Bonchev–Trinajstić information content (AvgIpc) is 1.67. The van der Waals surface area contributed by atoms with Crippen LogP contribution in [0, 0.1) is 0 Å². The summed E-state index contributed by atoms with van der Waals surface area (Å²) in [5, 5.41) is 8.34. The van der Waals surface area contributed by atoms with Crippen LogP contribution in [0.15, 0.2) is 0 Å². The minimum Gasteiger partial charge on any atom is -0.382 e. The molecule has 0 rings (SSSR count). The van der Waals surface area contributed by atoms with Crippen LogP contribution in [0.3, 0.4) is 0 Å². The fourth-order valence-corrected chi connectivity index (χ4v) is 0.163. The Bertz CT molecular complexity index is 90.6. The third kappa shape index (κ3) is 9.21. The zero-order valence-corrected chi connectivity index (χ0v) is 9.62. The van der Waals surface area contributed by atoms with Gasteiger partial charge in [-0.15, -0.1) is 0 Å². The molecular formula is C3H5AlClNaO4. The molecule has 0 aliphatic carbocycles. The maximum absolute atomic E-state index is 10.1. The predicted octanol–water partition coefficient (Wildman–Crippen LogP) is -0.766. The first-order valence-electron chi connectivity index (χ1n) is 1.85. The van der Waals surface area contributed by atoms with Crippen LogP contribution in [0.1, 0.15) is 6.92 Å². The van der Waals surface area contributed by atoms with Gasteiger partial charge in [-0.3, -0.25) is 4.89 Å². The van der Waals surface area contributed by atoms with Crippen molar-refractivity contribution in [1.29, 1.82) is 0 Å². The van der Waals surface area contributed by atoms with Crippen LogP contribution in [-0.2, 0) is 14.1 Å². The molecule has 0 bridgehead atoms. The van der Waals surface area contributed by atoms with E-state index in [1.165, 1.54) is 6.92 Å². The molecule has 4 radical (unpaired) electrons. The minimum atomic E-state index is -1.20. The summed E-state index contributed by atoms with van der Waals surface area (Å²) in [5.74, 6) is -0.917. The molecule has 1 unspecified atom stereocenters. The summed E-state index contributed by atoms with van der Waals surface area (Å²) in [6.07, 6.45) is -1.20. The Kier molecular flexibility index (Phi) is 17.7. The molecular weight excluding hydrogens is 185 g/mol. The van der Waals surface area contributed by atoms with Crippen LogP contribution in [0.2, 0.25) is 0 Å². The smallest absolute Gasteiger partial charge is 0.372 e. The quantitative estimate of drug-likeness (QED) is 0.353. The number of carbonyl (C=O) groups is 1. The van der Waals surface area contributed by atoms with Gasteiger partial charge < -0.3 is 5.11 Å². The molecule has 0 aromatic rings. The normalized spacial score (nSPS) is 10.3. The molecule has 7 heteroatoms. The van der Waals surface area contributed by atoms with Gasteiger partial charge in [-0.1, -0.05) is 4.44 Å². The van der Waals surface area contributed by atoms with Gasteiger partial charge in [0.25, 0.3) is 0 Å². The van der Waals surface area contributed by atoms with E-state index in [1.807, 2.05) is 0 Å². The van der Waals surface area contributed by atoms with Gasteiger partial charge in [-0.05, 0) is 6.92 Å². The maximum atomic E-state index is 10.1. The summed E-state index contributed by atoms with van der Waals surface area (Å²) >= 11 is 4.49. The number of hydrogen-bond donors (Lipinski definition) is 1. The van der Waals surface area contributed by atoms with Gasteiger partial charge in [-0.2, -0.15) is 0 Å². The Hall–Kier alpha value is 1.21. The van der Waals surface area contributed by atoms with Crippen molar-refractivity contribution in [3.05, 3.63) is 0 Å². The van der Waals surface area contributed by atoms with Crippen LogP contribution in [0.5, 0.6) is 0 Å². The third-order valence-corrected chi connectivity index (χ3v) is 0.518.